The van der Waals surface area contributed by atoms with Crippen LogP contribution in [-0.2, 0) is 20.8 Å². The average Bonchev–Trinajstić information content (AvgIpc) is 2.88. The second kappa shape index (κ2) is 6.38. The molecule has 0 spiro atoms. The SMILES string of the molecule is COC(=O)c1c(N)c(C#N)cn1-c1ccc(S(C)(=O)=O)cc1C(F)(F)F. The Kier molecular flexibility index (Phi) is 4.74. The van der Waals surface area contributed by atoms with E-state index in [0.29, 0.717) is 6.07 Å². The van der Waals surface area contributed by atoms with Gasteiger partial charge in [-0.15, -0.1) is 0 Å². The number of ether oxygens (including phenoxy) is 1. The van der Waals surface area contributed by atoms with Crippen LogP contribution in [0.1, 0.15) is 21.6 Å². The van der Waals surface area contributed by atoms with Crippen molar-refractivity contribution in [2.45, 2.75) is 11.1 Å². The fourth-order valence-electron chi connectivity index (χ4n) is 2.29. The average molecular weight is 387 g/mol. The number of benzene rings is 1. The first-order chi connectivity index (χ1) is 11.9. The lowest BCUT2D eigenvalue weighted by molar-refractivity contribution is -0.137. The van der Waals surface area contributed by atoms with Crippen molar-refractivity contribution in [2.75, 3.05) is 19.1 Å². The number of anilines is 1. The van der Waals surface area contributed by atoms with Crippen molar-refractivity contribution < 1.29 is 31.1 Å². The summed E-state index contributed by atoms with van der Waals surface area (Å²) in [4.78, 5) is 11.4. The van der Waals surface area contributed by atoms with Crippen LogP contribution >= 0.6 is 0 Å². The number of nitrogens with two attached hydrogens (primary N) is 1. The zero-order chi connectivity index (χ0) is 19.9. The zero-order valence-corrected chi connectivity index (χ0v) is 14.3. The highest BCUT2D eigenvalue weighted by Crippen LogP contribution is 2.37. The number of methoxy groups -OCH3 is 1. The second-order valence-corrected chi connectivity index (χ2v) is 7.24. The number of carbonyl (C=O) groups excluding carboxylic acids is 1. The number of nitrogens with zero attached hydrogens (tertiary/aromatic N) is 2. The summed E-state index contributed by atoms with van der Waals surface area (Å²) in [7, 11) is -2.90. The smallest absolute Gasteiger partial charge is 0.418 e. The number of hydrogen-bond donors (Lipinski definition) is 1. The minimum atomic E-state index is -4.94. The number of alkyl halides is 3. The first-order valence-electron chi connectivity index (χ1n) is 6.82. The number of halogens is 3. The Morgan fingerprint density at radius 3 is 2.42 bits per heavy atom. The van der Waals surface area contributed by atoms with Gasteiger partial charge < -0.3 is 15.0 Å². The standard InChI is InChI=1S/C15H12F3N3O4S/c1-25-14(22)13-12(20)8(6-19)7-21(13)11-4-3-9(26(2,23)24)5-10(11)15(16,17)18/h3-5,7H,20H2,1-2H3. The molecule has 11 heteroatoms. The van der Waals surface area contributed by atoms with E-state index in [1.165, 1.54) is 0 Å². The van der Waals surface area contributed by atoms with Gasteiger partial charge in [0.1, 0.15) is 6.07 Å². The summed E-state index contributed by atoms with van der Waals surface area (Å²) < 4.78 is 68.9. The quantitative estimate of drug-likeness (QED) is 0.807. The van der Waals surface area contributed by atoms with Crippen molar-refractivity contribution in [3.05, 3.63) is 41.2 Å². The monoisotopic (exact) mass is 387 g/mol. The number of aromatic nitrogens is 1. The third-order valence-corrected chi connectivity index (χ3v) is 4.61. The molecular weight excluding hydrogens is 375 g/mol. The summed E-state index contributed by atoms with van der Waals surface area (Å²) in [6, 6.07) is 3.96. The van der Waals surface area contributed by atoms with Crippen molar-refractivity contribution in [2.24, 2.45) is 0 Å². The molecule has 2 rings (SSSR count). The van der Waals surface area contributed by atoms with Gasteiger partial charge in [-0.1, -0.05) is 0 Å². The Hall–Kier alpha value is -3.00. The highest BCUT2D eigenvalue weighted by Gasteiger charge is 2.36. The number of nitrogen functional groups attached to an aromatic ring is 1. The molecule has 0 aliphatic rings. The van der Waals surface area contributed by atoms with Crippen LogP contribution in [0, 0.1) is 11.3 Å². The molecule has 0 saturated heterocycles. The minimum Gasteiger partial charge on any atom is -0.464 e. The molecule has 0 saturated carbocycles. The molecule has 0 radical (unpaired) electrons. The molecule has 0 aliphatic carbocycles. The van der Waals surface area contributed by atoms with E-state index in [-0.39, 0.29) is 11.3 Å². The van der Waals surface area contributed by atoms with Crippen LogP contribution in [0.25, 0.3) is 5.69 Å². The van der Waals surface area contributed by atoms with Crippen LogP contribution in [-0.4, -0.2) is 32.3 Å². The van der Waals surface area contributed by atoms with Gasteiger partial charge >= 0.3 is 12.1 Å². The third kappa shape index (κ3) is 3.36. The molecule has 0 amide bonds. The zero-order valence-electron chi connectivity index (χ0n) is 13.5. The van der Waals surface area contributed by atoms with Gasteiger partial charge in [0, 0.05) is 12.5 Å². The first kappa shape index (κ1) is 19.3. The number of rotatable bonds is 3. The Labute approximate surface area is 146 Å². The van der Waals surface area contributed by atoms with Gasteiger partial charge in [0.2, 0.25) is 0 Å². The van der Waals surface area contributed by atoms with Crippen molar-refractivity contribution in [3.8, 4) is 11.8 Å². The van der Waals surface area contributed by atoms with Crippen LogP contribution in [0.5, 0.6) is 0 Å². The van der Waals surface area contributed by atoms with Crippen molar-refractivity contribution in [1.82, 2.24) is 4.57 Å². The number of sulfone groups is 1. The fourth-order valence-corrected chi connectivity index (χ4v) is 2.93. The van der Waals surface area contributed by atoms with Crippen LogP contribution in [0.4, 0.5) is 18.9 Å². The van der Waals surface area contributed by atoms with E-state index >= 15 is 0 Å². The van der Waals surface area contributed by atoms with Gasteiger partial charge in [0.25, 0.3) is 0 Å². The highest BCUT2D eigenvalue weighted by molar-refractivity contribution is 7.90. The summed E-state index contributed by atoms with van der Waals surface area (Å²) in [5.74, 6) is -1.05. The number of carbonyl (C=O) groups is 1. The Morgan fingerprint density at radius 1 is 1.35 bits per heavy atom. The molecule has 0 aliphatic heterocycles. The highest BCUT2D eigenvalue weighted by atomic mass is 32.2. The molecule has 2 N–H and O–H groups in total. The summed E-state index contributed by atoms with van der Waals surface area (Å²) in [6.45, 7) is 0. The van der Waals surface area contributed by atoms with Crippen LogP contribution in [0.3, 0.4) is 0 Å². The maximum Gasteiger partial charge on any atom is 0.418 e. The van der Waals surface area contributed by atoms with Gasteiger partial charge in [0.15, 0.2) is 15.5 Å². The van der Waals surface area contributed by atoms with E-state index in [2.05, 4.69) is 4.74 Å². The molecule has 7 nitrogen and oxygen atoms in total. The van der Waals surface area contributed by atoms with Crippen molar-refractivity contribution in [1.29, 1.82) is 5.26 Å². The van der Waals surface area contributed by atoms with E-state index in [0.717, 1.165) is 36.3 Å². The van der Waals surface area contributed by atoms with E-state index in [4.69, 9.17) is 11.0 Å². The van der Waals surface area contributed by atoms with Crippen LogP contribution < -0.4 is 5.73 Å². The topological polar surface area (TPSA) is 115 Å². The summed E-state index contributed by atoms with van der Waals surface area (Å²) >= 11 is 0. The lowest BCUT2D eigenvalue weighted by atomic mass is 10.1. The second-order valence-electron chi connectivity index (χ2n) is 5.23. The Bertz CT molecular complexity index is 1030. The normalized spacial score (nSPS) is 11.8. The van der Waals surface area contributed by atoms with Gasteiger partial charge in [-0.3, -0.25) is 0 Å². The number of esters is 1. The first-order valence-corrected chi connectivity index (χ1v) is 8.71. The number of hydrogen-bond acceptors (Lipinski definition) is 6. The Balaban J connectivity index is 2.90. The van der Waals surface area contributed by atoms with Crippen LogP contribution in [0.15, 0.2) is 29.3 Å². The predicted octanol–water partition coefficient (Wildman–Crippen LogP) is 2.14. The predicted molar refractivity (Wildman–Crippen MR) is 84.3 cm³/mol. The van der Waals surface area contributed by atoms with E-state index < -0.39 is 43.8 Å². The molecule has 1 aromatic carbocycles. The van der Waals surface area contributed by atoms with Gasteiger partial charge in [-0.2, -0.15) is 18.4 Å². The van der Waals surface area contributed by atoms with E-state index in [9.17, 15) is 26.4 Å². The minimum absolute atomic E-state index is 0.231. The lowest BCUT2D eigenvalue weighted by Crippen LogP contribution is -2.16. The molecule has 138 valence electrons. The molecule has 0 fully saturated rings. The van der Waals surface area contributed by atoms with Crippen molar-refractivity contribution >= 4 is 21.5 Å². The largest absolute Gasteiger partial charge is 0.464 e. The molecule has 2 aromatic rings. The molecule has 0 unspecified atom stereocenters. The summed E-state index contributed by atoms with van der Waals surface area (Å²) in [6.07, 6.45) is -3.22. The van der Waals surface area contributed by atoms with E-state index in [1.807, 2.05) is 0 Å². The molecule has 1 heterocycles. The third-order valence-electron chi connectivity index (χ3n) is 3.50. The number of nitriles is 1. The van der Waals surface area contributed by atoms with Gasteiger partial charge in [-0.25, -0.2) is 13.2 Å². The van der Waals surface area contributed by atoms with Crippen molar-refractivity contribution in [3.63, 3.8) is 0 Å². The Morgan fingerprint density at radius 2 is 1.96 bits per heavy atom. The molecule has 0 bridgehead atoms. The molecule has 26 heavy (non-hydrogen) atoms. The molecular formula is C15H12F3N3O4S. The lowest BCUT2D eigenvalue weighted by Gasteiger charge is -2.16. The molecule has 1 aromatic heterocycles. The van der Waals surface area contributed by atoms with Gasteiger partial charge in [0.05, 0.1) is 34.5 Å². The molecule has 0 atom stereocenters. The summed E-state index contributed by atoms with van der Waals surface area (Å²) in [5.41, 5.74) is 2.73. The maximum absolute atomic E-state index is 13.5. The fraction of sp³-hybridized carbons (Fsp3) is 0.200. The van der Waals surface area contributed by atoms with Gasteiger partial charge in [-0.05, 0) is 18.2 Å². The summed E-state index contributed by atoms with van der Waals surface area (Å²) in [5, 5.41) is 9.04. The van der Waals surface area contributed by atoms with E-state index in [1.54, 1.807) is 6.07 Å². The van der Waals surface area contributed by atoms with Crippen LogP contribution in [0.2, 0.25) is 0 Å². The maximum atomic E-state index is 13.5.